The number of fused-ring (bicyclic) bond motifs is 1. The lowest BCUT2D eigenvalue weighted by atomic mass is 9.80. The molecule has 0 aliphatic rings. The van der Waals surface area contributed by atoms with Gasteiger partial charge in [0, 0.05) is 11.1 Å². The third-order valence-corrected chi connectivity index (χ3v) is 3.92. The standard InChI is InChI=1S/C15H19BN2O3/c1-14(2,19)15(3,4)21-16(20)13-8-11-6-5-10(9-17)7-12(11)18-13/h5-8,18-20H,1-4H3. The van der Waals surface area contributed by atoms with Crippen LogP contribution >= 0.6 is 0 Å². The predicted octanol–water partition coefficient (Wildman–Crippen LogP) is 1.29. The van der Waals surface area contributed by atoms with Crippen LogP contribution in [0.3, 0.4) is 0 Å². The average Bonchev–Trinajstić information content (AvgIpc) is 2.79. The Morgan fingerprint density at radius 1 is 1.24 bits per heavy atom. The summed E-state index contributed by atoms with van der Waals surface area (Å²) in [5.74, 6) is 0. The molecular weight excluding hydrogens is 267 g/mol. The zero-order chi connectivity index (χ0) is 15.8. The quantitative estimate of drug-likeness (QED) is 0.739. The van der Waals surface area contributed by atoms with E-state index in [9.17, 15) is 10.1 Å². The smallest absolute Gasteiger partial charge is 0.422 e. The molecule has 110 valence electrons. The molecule has 0 saturated carbocycles. The molecule has 21 heavy (non-hydrogen) atoms. The monoisotopic (exact) mass is 286 g/mol. The highest BCUT2D eigenvalue weighted by Crippen LogP contribution is 2.25. The van der Waals surface area contributed by atoms with Gasteiger partial charge in [0.2, 0.25) is 0 Å². The van der Waals surface area contributed by atoms with Crippen LogP contribution in [0.2, 0.25) is 0 Å². The van der Waals surface area contributed by atoms with Crippen molar-refractivity contribution < 1.29 is 14.8 Å². The first-order valence-corrected chi connectivity index (χ1v) is 6.75. The summed E-state index contributed by atoms with van der Waals surface area (Å²) < 4.78 is 5.58. The van der Waals surface area contributed by atoms with E-state index in [-0.39, 0.29) is 0 Å². The maximum absolute atomic E-state index is 10.2. The van der Waals surface area contributed by atoms with Gasteiger partial charge in [-0.15, -0.1) is 0 Å². The molecule has 0 saturated heterocycles. The van der Waals surface area contributed by atoms with Crippen molar-refractivity contribution in [3.63, 3.8) is 0 Å². The topological polar surface area (TPSA) is 89.3 Å². The Balaban J connectivity index is 2.28. The molecule has 0 aliphatic carbocycles. The molecule has 3 N–H and O–H groups in total. The molecule has 2 rings (SSSR count). The van der Waals surface area contributed by atoms with Gasteiger partial charge in [-0.25, -0.2) is 0 Å². The molecule has 6 heteroatoms. The van der Waals surface area contributed by atoms with E-state index >= 15 is 0 Å². The molecule has 1 aromatic heterocycles. The van der Waals surface area contributed by atoms with E-state index in [1.807, 2.05) is 6.07 Å². The van der Waals surface area contributed by atoms with Crippen LogP contribution in [0.15, 0.2) is 24.3 Å². The molecule has 0 atom stereocenters. The van der Waals surface area contributed by atoms with Gasteiger partial charge in [-0.3, -0.25) is 0 Å². The van der Waals surface area contributed by atoms with Crippen molar-refractivity contribution in [2.75, 3.05) is 0 Å². The summed E-state index contributed by atoms with van der Waals surface area (Å²) in [5.41, 5.74) is -0.247. The lowest BCUT2D eigenvalue weighted by molar-refractivity contribution is -0.0983. The molecule has 1 aromatic carbocycles. The molecule has 5 nitrogen and oxygen atoms in total. The van der Waals surface area contributed by atoms with Gasteiger partial charge in [0.05, 0.1) is 22.8 Å². The number of aromatic amines is 1. The maximum Gasteiger partial charge on any atom is 0.508 e. The number of nitriles is 1. The Morgan fingerprint density at radius 2 is 1.90 bits per heavy atom. The highest BCUT2D eigenvalue weighted by molar-refractivity contribution is 6.59. The third-order valence-electron chi connectivity index (χ3n) is 3.92. The van der Waals surface area contributed by atoms with Crippen LogP contribution in [0.4, 0.5) is 0 Å². The van der Waals surface area contributed by atoms with Gasteiger partial charge in [-0.05, 0) is 51.3 Å². The van der Waals surface area contributed by atoms with Gasteiger partial charge in [0.15, 0.2) is 0 Å². The van der Waals surface area contributed by atoms with Crippen LogP contribution in [-0.4, -0.2) is 33.4 Å². The summed E-state index contributed by atoms with van der Waals surface area (Å²) in [5, 5.41) is 30.1. The molecule has 0 aliphatic heterocycles. The molecule has 0 spiro atoms. The first kappa shape index (κ1) is 15.6. The Labute approximate surface area is 124 Å². The van der Waals surface area contributed by atoms with E-state index in [0.29, 0.717) is 11.2 Å². The van der Waals surface area contributed by atoms with Crippen molar-refractivity contribution >= 4 is 23.6 Å². The molecular formula is C15H19BN2O3. The Bertz CT molecular complexity index is 695. The van der Waals surface area contributed by atoms with E-state index in [1.165, 1.54) is 0 Å². The molecule has 0 unspecified atom stereocenters. The fraction of sp³-hybridized carbons (Fsp3) is 0.400. The molecule has 0 fully saturated rings. The van der Waals surface area contributed by atoms with Gasteiger partial charge < -0.3 is 19.8 Å². The Kier molecular flexibility index (Phi) is 3.85. The van der Waals surface area contributed by atoms with E-state index < -0.39 is 18.3 Å². The van der Waals surface area contributed by atoms with Gasteiger partial charge in [0.25, 0.3) is 0 Å². The third kappa shape index (κ3) is 3.11. The minimum atomic E-state index is -1.19. The number of aliphatic hydroxyl groups is 1. The first-order chi connectivity index (χ1) is 9.64. The zero-order valence-electron chi connectivity index (χ0n) is 12.6. The number of hydrogen-bond acceptors (Lipinski definition) is 4. The zero-order valence-corrected chi connectivity index (χ0v) is 12.6. The Hall–Kier alpha value is -1.81. The van der Waals surface area contributed by atoms with Crippen LogP contribution < -0.4 is 5.59 Å². The van der Waals surface area contributed by atoms with Gasteiger partial charge >= 0.3 is 7.12 Å². The van der Waals surface area contributed by atoms with Crippen molar-refractivity contribution in [2.24, 2.45) is 0 Å². The second kappa shape index (κ2) is 5.19. The van der Waals surface area contributed by atoms with Crippen molar-refractivity contribution in [3.05, 3.63) is 29.8 Å². The SMILES string of the molecule is CC(C)(O)C(C)(C)OB(O)c1cc2ccc(C#N)cc2[nH]1. The summed E-state index contributed by atoms with van der Waals surface area (Å²) in [6.07, 6.45) is 0. The van der Waals surface area contributed by atoms with Crippen molar-refractivity contribution in [2.45, 2.75) is 38.9 Å². The maximum atomic E-state index is 10.2. The fourth-order valence-electron chi connectivity index (χ4n) is 1.84. The number of rotatable bonds is 4. The number of H-pyrrole nitrogens is 1. The van der Waals surface area contributed by atoms with Crippen LogP contribution in [0, 0.1) is 11.3 Å². The fourth-order valence-corrected chi connectivity index (χ4v) is 1.84. The summed E-state index contributed by atoms with van der Waals surface area (Å²) in [6, 6.07) is 9.07. The van der Waals surface area contributed by atoms with E-state index in [2.05, 4.69) is 11.1 Å². The lowest BCUT2D eigenvalue weighted by Gasteiger charge is -2.38. The number of benzene rings is 1. The van der Waals surface area contributed by atoms with Gasteiger partial charge in [-0.2, -0.15) is 5.26 Å². The summed E-state index contributed by atoms with van der Waals surface area (Å²) in [4.78, 5) is 3.04. The number of nitrogens with zero attached hydrogens (tertiary/aromatic N) is 1. The number of nitrogens with one attached hydrogen (secondary N) is 1. The van der Waals surface area contributed by atoms with Crippen molar-refractivity contribution in [3.8, 4) is 6.07 Å². The van der Waals surface area contributed by atoms with Crippen LogP contribution in [-0.2, 0) is 4.65 Å². The molecule has 0 amide bonds. The van der Waals surface area contributed by atoms with E-state index in [4.69, 9.17) is 9.92 Å². The number of hydrogen-bond donors (Lipinski definition) is 3. The highest BCUT2D eigenvalue weighted by atomic mass is 16.5. The minimum Gasteiger partial charge on any atom is -0.422 e. The highest BCUT2D eigenvalue weighted by Gasteiger charge is 2.39. The van der Waals surface area contributed by atoms with Crippen LogP contribution in [0.25, 0.3) is 10.9 Å². The normalized spacial score (nSPS) is 12.4. The van der Waals surface area contributed by atoms with Crippen molar-refractivity contribution in [1.82, 2.24) is 4.98 Å². The molecule has 1 heterocycles. The summed E-state index contributed by atoms with van der Waals surface area (Å²) >= 11 is 0. The van der Waals surface area contributed by atoms with Gasteiger partial charge in [-0.1, -0.05) is 6.07 Å². The van der Waals surface area contributed by atoms with E-state index in [1.54, 1.807) is 45.9 Å². The summed E-state index contributed by atoms with van der Waals surface area (Å²) in [6.45, 7) is 6.69. The van der Waals surface area contributed by atoms with Gasteiger partial charge in [0.1, 0.15) is 0 Å². The first-order valence-electron chi connectivity index (χ1n) is 6.75. The van der Waals surface area contributed by atoms with Crippen LogP contribution in [0.5, 0.6) is 0 Å². The van der Waals surface area contributed by atoms with E-state index in [0.717, 1.165) is 10.9 Å². The van der Waals surface area contributed by atoms with Crippen molar-refractivity contribution in [1.29, 1.82) is 5.26 Å². The Morgan fingerprint density at radius 3 is 2.48 bits per heavy atom. The summed E-state index contributed by atoms with van der Waals surface area (Å²) in [7, 11) is -1.19. The molecule has 0 bridgehead atoms. The predicted molar refractivity (Wildman–Crippen MR) is 82.1 cm³/mol. The minimum absolute atomic E-state index is 0.484. The second-order valence-corrected chi connectivity index (χ2v) is 6.18. The largest absolute Gasteiger partial charge is 0.508 e. The second-order valence-electron chi connectivity index (χ2n) is 6.18. The average molecular weight is 286 g/mol. The molecule has 2 aromatic rings. The van der Waals surface area contributed by atoms with Crippen LogP contribution in [0.1, 0.15) is 33.3 Å². The molecule has 0 radical (unpaired) electrons. The lowest BCUT2D eigenvalue weighted by Crippen LogP contribution is -2.53. The number of aromatic nitrogens is 1.